The van der Waals surface area contributed by atoms with E-state index in [9.17, 15) is 0 Å². The Morgan fingerprint density at radius 3 is 1.43 bits per heavy atom. The molecule has 0 saturated heterocycles. The van der Waals surface area contributed by atoms with E-state index in [1.165, 1.54) is 11.1 Å². The number of benzene rings is 2. The predicted molar refractivity (Wildman–Crippen MR) is 92.0 cm³/mol. The van der Waals surface area contributed by atoms with Gasteiger partial charge in [0.1, 0.15) is 24.6 Å². The van der Waals surface area contributed by atoms with Gasteiger partial charge in [-0.25, -0.2) is 0 Å². The Bertz CT molecular complexity index is 653. The van der Waals surface area contributed by atoms with Gasteiger partial charge in [-0.3, -0.25) is 0 Å². The van der Waals surface area contributed by atoms with E-state index in [2.05, 4.69) is 48.4 Å². The SMILES string of the molecule is Cc1ccc(C2=N/OCCCO/N=C\2c2ccc(C)cc2)cc1. The molecule has 0 amide bonds. The van der Waals surface area contributed by atoms with Crippen LogP contribution in [0.4, 0.5) is 0 Å². The Hall–Kier alpha value is -2.62. The number of rotatable bonds is 2. The maximum Gasteiger partial charge on any atom is 0.139 e. The Morgan fingerprint density at radius 2 is 1.04 bits per heavy atom. The summed E-state index contributed by atoms with van der Waals surface area (Å²) in [5.74, 6) is 0. The van der Waals surface area contributed by atoms with E-state index < -0.39 is 0 Å². The smallest absolute Gasteiger partial charge is 0.139 e. The molecule has 1 aliphatic rings. The molecule has 0 fully saturated rings. The van der Waals surface area contributed by atoms with Gasteiger partial charge in [-0.05, 0) is 13.8 Å². The molecular formula is C19H20N2O2. The molecule has 23 heavy (non-hydrogen) atoms. The highest BCUT2D eigenvalue weighted by Crippen LogP contribution is 2.14. The molecule has 1 aliphatic heterocycles. The van der Waals surface area contributed by atoms with Crippen molar-refractivity contribution >= 4 is 11.4 Å². The number of hydrogen-bond acceptors (Lipinski definition) is 4. The highest BCUT2D eigenvalue weighted by Gasteiger charge is 2.17. The third-order valence-corrected chi connectivity index (χ3v) is 3.66. The minimum Gasteiger partial charge on any atom is -0.395 e. The van der Waals surface area contributed by atoms with Crippen molar-refractivity contribution in [2.75, 3.05) is 13.2 Å². The second-order valence-electron chi connectivity index (χ2n) is 5.63. The first-order chi connectivity index (χ1) is 11.2. The molecule has 2 aromatic rings. The lowest BCUT2D eigenvalue weighted by atomic mass is 9.98. The van der Waals surface area contributed by atoms with Crippen LogP contribution in [0.1, 0.15) is 28.7 Å². The van der Waals surface area contributed by atoms with E-state index in [1.807, 2.05) is 24.3 Å². The predicted octanol–water partition coefficient (Wildman–Crippen LogP) is 3.85. The fourth-order valence-electron chi connectivity index (χ4n) is 2.30. The van der Waals surface area contributed by atoms with E-state index in [0.717, 1.165) is 17.5 Å². The summed E-state index contributed by atoms with van der Waals surface area (Å²) in [6.07, 6.45) is 0.759. The lowest BCUT2D eigenvalue weighted by molar-refractivity contribution is 0.0938. The minimum absolute atomic E-state index is 0.520. The summed E-state index contributed by atoms with van der Waals surface area (Å²) >= 11 is 0. The summed E-state index contributed by atoms with van der Waals surface area (Å²) in [5, 5.41) is 8.66. The summed E-state index contributed by atoms with van der Waals surface area (Å²) in [6, 6.07) is 16.3. The fraction of sp³-hybridized carbons (Fsp3) is 0.263. The van der Waals surface area contributed by atoms with Crippen molar-refractivity contribution in [3.63, 3.8) is 0 Å². The quantitative estimate of drug-likeness (QED) is 0.845. The first-order valence-corrected chi connectivity index (χ1v) is 7.78. The minimum atomic E-state index is 0.520. The molecule has 0 saturated carbocycles. The van der Waals surface area contributed by atoms with Crippen molar-refractivity contribution < 1.29 is 9.68 Å². The van der Waals surface area contributed by atoms with Crippen LogP contribution in [0.5, 0.6) is 0 Å². The monoisotopic (exact) mass is 308 g/mol. The summed E-state index contributed by atoms with van der Waals surface area (Å²) in [6.45, 7) is 5.16. The summed E-state index contributed by atoms with van der Waals surface area (Å²) in [7, 11) is 0. The van der Waals surface area contributed by atoms with Gasteiger partial charge >= 0.3 is 0 Å². The summed E-state index contributed by atoms with van der Waals surface area (Å²) < 4.78 is 0. The highest BCUT2D eigenvalue weighted by molar-refractivity contribution is 6.53. The topological polar surface area (TPSA) is 43.2 Å². The maximum atomic E-state index is 5.45. The molecule has 0 N–H and O–H groups in total. The third-order valence-electron chi connectivity index (χ3n) is 3.66. The van der Waals surface area contributed by atoms with Gasteiger partial charge in [0.15, 0.2) is 0 Å². The normalized spacial score (nSPS) is 19.7. The zero-order valence-electron chi connectivity index (χ0n) is 13.5. The molecule has 1 heterocycles. The van der Waals surface area contributed by atoms with Gasteiger partial charge in [-0.15, -0.1) is 0 Å². The average Bonchev–Trinajstić information content (AvgIpc) is 2.68. The van der Waals surface area contributed by atoms with E-state index in [-0.39, 0.29) is 0 Å². The van der Waals surface area contributed by atoms with E-state index >= 15 is 0 Å². The Labute approximate surface area is 136 Å². The number of nitrogens with zero attached hydrogens (tertiary/aromatic N) is 2. The molecule has 2 aromatic carbocycles. The third kappa shape index (κ3) is 3.77. The average molecular weight is 308 g/mol. The van der Waals surface area contributed by atoms with Gasteiger partial charge in [0.2, 0.25) is 0 Å². The van der Waals surface area contributed by atoms with Crippen molar-refractivity contribution in [3.8, 4) is 0 Å². The molecule has 0 spiro atoms. The van der Waals surface area contributed by atoms with Gasteiger partial charge in [-0.2, -0.15) is 0 Å². The summed E-state index contributed by atoms with van der Waals surface area (Å²) in [5.41, 5.74) is 5.69. The molecule has 0 unspecified atom stereocenters. The van der Waals surface area contributed by atoms with Gasteiger partial charge in [0.25, 0.3) is 0 Å². The van der Waals surface area contributed by atoms with Gasteiger partial charge < -0.3 is 9.68 Å². The van der Waals surface area contributed by atoms with Crippen LogP contribution in [-0.2, 0) is 9.68 Å². The van der Waals surface area contributed by atoms with Crippen molar-refractivity contribution in [2.45, 2.75) is 20.3 Å². The summed E-state index contributed by atoms with van der Waals surface area (Å²) in [4.78, 5) is 10.9. The largest absolute Gasteiger partial charge is 0.395 e. The number of aryl methyl sites for hydroxylation is 2. The van der Waals surface area contributed by atoms with Crippen LogP contribution < -0.4 is 0 Å². The molecule has 118 valence electrons. The van der Waals surface area contributed by atoms with E-state index in [4.69, 9.17) is 9.68 Å². The molecule has 0 aliphatic carbocycles. The molecule has 0 aromatic heterocycles. The van der Waals surface area contributed by atoms with Crippen molar-refractivity contribution in [3.05, 3.63) is 70.8 Å². The van der Waals surface area contributed by atoms with Crippen LogP contribution in [0.25, 0.3) is 0 Å². The van der Waals surface area contributed by atoms with Crippen LogP contribution >= 0.6 is 0 Å². The van der Waals surface area contributed by atoms with E-state index in [0.29, 0.717) is 24.6 Å². The van der Waals surface area contributed by atoms with Gasteiger partial charge in [0.05, 0.1) is 0 Å². The fourth-order valence-corrected chi connectivity index (χ4v) is 2.30. The number of hydrogen-bond donors (Lipinski definition) is 0. The lowest BCUT2D eigenvalue weighted by Gasteiger charge is -2.10. The molecule has 0 bridgehead atoms. The molecule has 4 heteroatoms. The maximum absolute atomic E-state index is 5.45. The lowest BCUT2D eigenvalue weighted by Crippen LogP contribution is -2.18. The van der Waals surface area contributed by atoms with Crippen LogP contribution in [0.15, 0.2) is 58.8 Å². The van der Waals surface area contributed by atoms with E-state index in [1.54, 1.807) is 0 Å². The molecule has 4 nitrogen and oxygen atoms in total. The number of oxime groups is 2. The Morgan fingerprint density at radius 1 is 0.652 bits per heavy atom. The molecule has 0 radical (unpaired) electrons. The second-order valence-corrected chi connectivity index (χ2v) is 5.63. The zero-order valence-corrected chi connectivity index (χ0v) is 13.5. The van der Waals surface area contributed by atoms with Crippen LogP contribution in [0, 0.1) is 13.8 Å². The zero-order chi connectivity index (χ0) is 16.1. The standard InChI is InChI=1S/C19H20N2O2/c1-14-4-8-16(9-5-14)18-19(17-10-6-15(2)7-11-17)21-23-13-3-12-22-20-18/h4-11H,3,12-13H2,1-2H3/b20-18-,21-19-. The van der Waals surface area contributed by atoms with Crippen molar-refractivity contribution in [2.24, 2.45) is 10.3 Å². The molecular weight excluding hydrogens is 288 g/mol. The van der Waals surface area contributed by atoms with Gasteiger partial charge in [-0.1, -0.05) is 70.0 Å². The van der Waals surface area contributed by atoms with Crippen molar-refractivity contribution in [1.82, 2.24) is 0 Å². The highest BCUT2D eigenvalue weighted by atomic mass is 16.6. The first-order valence-electron chi connectivity index (χ1n) is 7.78. The molecule has 0 atom stereocenters. The van der Waals surface area contributed by atoms with Crippen LogP contribution in [-0.4, -0.2) is 24.6 Å². The van der Waals surface area contributed by atoms with Crippen molar-refractivity contribution in [1.29, 1.82) is 0 Å². The first kappa shape index (κ1) is 15.3. The van der Waals surface area contributed by atoms with Crippen LogP contribution in [0.2, 0.25) is 0 Å². The second kappa shape index (κ2) is 7.09. The van der Waals surface area contributed by atoms with Gasteiger partial charge in [0, 0.05) is 17.5 Å². The Balaban J connectivity index is 2.06. The van der Waals surface area contributed by atoms with Crippen LogP contribution in [0.3, 0.4) is 0 Å². The Kier molecular flexibility index (Phi) is 4.71. The molecule has 3 rings (SSSR count).